The molecule has 2 atom stereocenters. The van der Waals surface area contributed by atoms with Crippen LogP contribution in [0.3, 0.4) is 0 Å². The van der Waals surface area contributed by atoms with Crippen molar-refractivity contribution in [2.75, 3.05) is 47.5 Å². The van der Waals surface area contributed by atoms with Gasteiger partial charge in [0, 0.05) is 12.8 Å². The summed E-state index contributed by atoms with van der Waals surface area (Å²) < 4.78 is 23.1. The lowest BCUT2D eigenvalue weighted by molar-refractivity contribution is -0.870. The third-order valence-corrected chi connectivity index (χ3v) is 17.7. The number of carboxylic acid groups (broad SMARTS) is 1. The normalized spacial score (nSPS) is 13.3. The number of nitrogens with zero attached hydrogens (tertiary/aromatic N) is 1. The molecule has 9 heteroatoms. The molecule has 0 radical (unpaired) electrons. The molecule has 0 aromatic carbocycles. The van der Waals surface area contributed by atoms with Crippen molar-refractivity contribution in [3.8, 4) is 0 Å². The molecule has 1 N–H and O–H groups in total. The molecule has 0 saturated heterocycles. The molecule has 9 nitrogen and oxygen atoms in total. The maximum atomic E-state index is 13.0. The highest BCUT2D eigenvalue weighted by molar-refractivity contribution is 5.71. The first-order valence-corrected chi connectivity index (χ1v) is 40.7. The molecule has 97 heavy (non-hydrogen) atoms. The van der Waals surface area contributed by atoms with E-state index in [9.17, 15) is 19.5 Å². The summed E-state index contributed by atoms with van der Waals surface area (Å²) in [6.07, 6.45) is 108. The molecule has 2 unspecified atom stereocenters. The molecule has 0 aromatic rings. The van der Waals surface area contributed by atoms with Crippen LogP contribution >= 0.6 is 0 Å². The summed E-state index contributed by atoms with van der Waals surface area (Å²) in [5.74, 6) is -1.99. The van der Waals surface area contributed by atoms with Gasteiger partial charge in [-0.1, -0.05) is 360 Å². The quantitative estimate of drug-likeness (QED) is 0.0211. The number of hydrogen-bond acceptors (Lipinski definition) is 7. The molecular formula is C88H154NO8+. The van der Waals surface area contributed by atoms with E-state index in [1.54, 1.807) is 0 Å². The minimum absolute atomic E-state index is 0.183. The molecule has 0 spiro atoms. The molecule has 0 aliphatic carbocycles. The number of esters is 2. The lowest BCUT2D eigenvalue weighted by Crippen LogP contribution is -2.40. The van der Waals surface area contributed by atoms with Gasteiger partial charge in [0.1, 0.15) is 13.2 Å². The Balaban J connectivity index is 4.03. The molecule has 558 valence electrons. The number of allylic oxidation sites excluding steroid dienone is 20. The van der Waals surface area contributed by atoms with Crippen LogP contribution in [0.5, 0.6) is 0 Å². The fraction of sp³-hybridized carbons (Fsp3) is 0.739. The number of carbonyl (C=O) groups is 3. The first-order chi connectivity index (χ1) is 47.6. The Hall–Kier alpha value is -4.31. The van der Waals surface area contributed by atoms with E-state index in [0.29, 0.717) is 17.4 Å². The van der Waals surface area contributed by atoms with E-state index < -0.39 is 24.3 Å². The van der Waals surface area contributed by atoms with E-state index in [0.717, 1.165) is 96.3 Å². The summed E-state index contributed by atoms with van der Waals surface area (Å²) in [5, 5.41) is 9.78. The maximum Gasteiger partial charge on any atom is 0.361 e. The van der Waals surface area contributed by atoms with Crippen LogP contribution in [0.25, 0.3) is 0 Å². The topological polar surface area (TPSA) is 108 Å². The van der Waals surface area contributed by atoms with Crippen molar-refractivity contribution in [3.63, 3.8) is 0 Å². The molecule has 0 aliphatic heterocycles. The van der Waals surface area contributed by atoms with Crippen molar-refractivity contribution in [2.45, 2.75) is 373 Å². The van der Waals surface area contributed by atoms with Gasteiger partial charge in [-0.25, -0.2) is 4.79 Å². The number of carbonyl (C=O) groups excluding carboxylic acids is 2. The standard InChI is InChI=1S/C88H153NO8/c1-6-8-10-12-14-16-18-20-22-24-26-28-30-32-34-36-38-40-41-42-43-44-45-47-49-51-53-55-57-59-61-63-65-67-69-71-73-75-77-79-86(91)97-84(83-96-88(87(92)93)94-81-80-89(3,4)5)82-95-85(90)78-76-74-72-70-68-66-64-62-60-58-56-54-52-50-48-46-39-37-35-33-31-29-27-25-23-21-19-17-15-13-11-9-7-2/h8,10,14,16,19-22,25-28,32,34,38,40,42-43,45,47,84,88H,6-7,9,11-13,15,17-18,23-24,29-31,33,35-37,39,41,44,46,48-83H2,1-5H3/p+1/b10-8-,16-14-,21-19-,22-20-,27-25-,28-26-,34-32-,40-38-,43-42-,47-45-. The van der Waals surface area contributed by atoms with Gasteiger partial charge >= 0.3 is 17.9 Å². The summed E-state index contributed by atoms with van der Waals surface area (Å²) in [7, 11) is 5.99. The van der Waals surface area contributed by atoms with Gasteiger partial charge in [0.15, 0.2) is 6.10 Å². The zero-order valence-electron chi connectivity index (χ0n) is 64.0. The summed E-state index contributed by atoms with van der Waals surface area (Å²) >= 11 is 0. The van der Waals surface area contributed by atoms with Gasteiger partial charge in [0.25, 0.3) is 6.29 Å². The molecule has 0 fully saturated rings. The van der Waals surface area contributed by atoms with Crippen LogP contribution in [0.2, 0.25) is 0 Å². The number of hydrogen-bond donors (Lipinski definition) is 1. The fourth-order valence-corrected chi connectivity index (χ4v) is 11.5. The average molecular weight is 1350 g/mol. The average Bonchev–Trinajstić information content (AvgIpc) is 2.39. The third kappa shape index (κ3) is 78.9. The summed E-state index contributed by atoms with van der Waals surface area (Å²) in [5.41, 5.74) is 0. The van der Waals surface area contributed by atoms with Gasteiger partial charge < -0.3 is 28.5 Å². The Kier molecular flexibility index (Phi) is 74.0. The Morgan fingerprint density at radius 2 is 0.588 bits per heavy atom. The predicted octanol–water partition coefficient (Wildman–Crippen LogP) is 26.3. The van der Waals surface area contributed by atoms with E-state index in [-0.39, 0.29) is 32.2 Å². The van der Waals surface area contributed by atoms with E-state index in [4.69, 9.17) is 18.9 Å². The Labute approximate surface area is 599 Å². The molecule has 0 heterocycles. The van der Waals surface area contributed by atoms with Gasteiger partial charge in [-0.15, -0.1) is 0 Å². The van der Waals surface area contributed by atoms with Crippen LogP contribution in [0.4, 0.5) is 0 Å². The van der Waals surface area contributed by atoms with Gasteiger partial charge in [0.2, 0.25) is 0 Å². The summed E-state index contributed by atoms with van der Waals surface area (Å²) in [6, 6.07) is 0. The second-order valence-corrected chi connectivity index (χ2v) is 28.3. The van der Waals surface area contributed by atoms with E-state index >= 15 is 0 Å². The molecule has 0 aromatic heterocycles. The minimum Gasteiger partial charge on any atom is -0.477 e. The first-order valence-electron chi connectivity index (χ1n) is 40.7. The molecule has 0 aliphatic rings. The Bertz CT molecular complexity index is 2020. The second-order valence-electron chi connectivity index (χ2n) is 28.3. The number of likely N-dealkylation sites (N-methyl/N-ethyl adjacent to an activating group) is 1. The zero-order chi connectivity index (χ0) is 70.4. The van der Waals surface area contributed by atoms with E-state index in [2.05, 4.69) is 135 Å². The number of aliphatic carboxylic acids is 1. The maximum absolute atomic E-state index is 13.0. The van der Waals surface area contributed by atoms with Crippen molar-refractivity contribution in [1.29, 1.82) is 0 Å². The van der Waals surface area contributed by atoms with Crippen molar-refractivity contribution < 1.29 is 42.9 Å². The van der Waals surface area contributed by atoms with Crippen LogP contribution in [0.15, 0.2) is 122 Å². The smallest absolute Gasteiger partial charge is 0.361 e. The van der Waals surface area contributed by atoms with Crippen molar-refractivity contribution in [3.05, 3.63) is 122 Å². The fourth-order valence-electron chi connectivity index (χ4n) is 11.5. The van der Waals surface area contributed by atoms with Crippen LogP contribution < -0.4 is 0 Å². The summed E-state index contributed by atoms with van der Waals surface area (Å²) in [4.78, 5) is 37.8. The van der Waals surface area contributed by atoms with E-state index in [1.165, 1.54) is 238 Å². The van der Waals surface area contributed by atoms with Crippen LogP contribution in [0.1, 0.15) is 361 Å². The number of rotatable bonds is 75. The zero-order valence-corrected chi connectivity index (χ0v) is 64.0. The van der Waals surface area contributed by atoms with Crippen molar-refractivity contribution >= 4 is 17.9 Å². The Morgan fingerprint density at radius 1 is 0.320 bits per heavy atom. The lowest BCUT2D eigenvalue weighted by atomic mass is 10.0. The Morgan fingerprint density at radius 3 is 0.876 bits per heavy atom. The second kappa shape index (κ2) is 77.4. The first kappa shape index (κ1) is 92.7. The highest BCUT2D eigenvalue weighted by Crippen LogP contribution is 2.19. The molecule has 0 saturated carbocycles. The molecule has 0 bridgehead atoms. The SMILES string of the molecule is CC/C=C\C/C=C\C/C=C\C/C=C\C/C=C\C/C=C\C/C=C\C/C=C\CCCCCCCCCCCCCCCCC(=O)OC(COC(=O)CCCCCCCCCCCCCCCCCCCCCCC/C=C\C/C=C\CCCCCCC)COC(OCC[N+](C)(C)C)C(=O)O. The predicted molar refractivity (Wildman–Crippen MR) is 419 cm³/mol. The van der Waals surface area contributed by atoms with Crippen molar-refractivity contribution in [2.24, 2.45) is 0 Å². The molecule has 0 amide bonds. The largest absolute Gasteiger partial charge is 0.477 e. The van der Waals surface area contributed by atoms with Crippen LogP contribution in [-0.4, -0.2) is 87.4 Å². The highest BCUT2D eigenvalue weighted by Gasteiger charge is 2.25. The van der Waals surface area contributed by atoms with Crippen LogP contribution in [-0.2, 0) is 33.3 Å². The van der Waals surface area contributed by atoms with Gasteiger partial charge in [-0.05, 0) is 109 Å². The summed E-state index contributed by atoms with van der Waals surface area (Å²) in [6.45, 7) is 4.79. The number of unbranched alkanes of at least 4 members (excludes halogenated alkanes) is 40. The number of carboxylic acids is 1. The van der Waals surface area contributed by atoms with Gasteiger partial charge in [0.05, 0.1) is 34.4 Å². The molecular weight excluding hydrogens is 1200 g/mol. The van der Waals surface area contributed by atoms with E-state index in [1.807, 2.05) is 21.1 Å². The lowest BCUT2D eigenvalue weighted by Gasteiger charge is -2.25. The monoisotopic (exact) mass is 1350 g/mol. The van der Waals surface area contributed by atoms with Gasteiger partial charge in [-0.3, -0.25) is 9.59 Å². The highest BCUT2D eigenvalue weighted by atomic mass is 16.7. The van der Waals surface area contributed by atoms with Gasteiger partial charge in [-0.2, -0.15) is 0 Å². The van der Waals surface area contributed by atoms with Crippen LogP contribution in [0, 0.1) is 0 Å². The third-order valence-electron chi connectivity index (χ3n) is 17.7. The van der Waals surface area contributed by atoms with Crippen molar-refractivity contribution in [1.82, 2.24) is 0 Å². The minimum atomic E-state index is -1.52. The molecule has 0 rings (SSSR count). The number of quaternary nitrogens is 1. The number of ether oxygens (including phenoxy) is 4.